The van der Waals surface area contributed by atoms with Crippen LogP contribution in [0.5, 0.6) is 5.75 Å². The maximum atomic E-state index is 12.1. The summed E-state index contributed by atoms with van der Waals surface area (Å²) < 4.78 is 5.06. The van der Waals surface area contributed by atoms with Gasteiger partial charge in [-0.2, -0.15) is 0 Å². The number of nitrogen functional groups attached to an aromatic ring is 1. The average molecular weight is 257 g/mol. The van der Waals surface area contributed by atoms with Crippen molar-refractivity contribution in [2.75, 3.05) is 18.2 Å². The summed E-state index contributed by atoms with van der Waals surface area (Å²) >= 11 is 0. The molecule has 0 bridgehead atoms. The number of benzene rings is 1. The Kier molecular flexibility index (Phi) is 3.66. The number of aryl methyl sites for hydroxylation is 1. The van der Waals surface area contributed by atoms with Crippen molar-refractivity contribution in [3.05, 3.63) is 47.8 Å². The molecule has 0 fully saturated rings. The molecule has 3 N–H and O–H groups in total. The third-order valence-corrected chi connectivity index (χ3v) is 2.71. The average Bonchev–Trinajstić information content (AvgIpc) is 2.39. The van der Waals surface area contributed by atoms with Crippen molar-refractivity contribution >= 4 is 17.3 Å². The number of hydrogen-bond donors (Lipinski definition) is 2. The van der Waals surface area contributed by atoms with Crippen molar-refractivity contribution in [1.29, 1.82) is 0 Å². The van der Waals surface area contributed by atoms with Crippen LogP contribution in [0.15, 0.2) is 36.5 Å². The van der Waals surface area contributed by atoms with E-state index in [9.17, 15) is 4.79 Å². The van der Waals surface area contributed by atoms with E-state index in [0.29, 0.717) is 22.8 Å². The molecule has 0 saturated carbocycles. The van der Waals surface area contributed by atoms with E-state index in [2.05, 4.69) is 10.3 Å². The molecule has 5 nitrogen and oxygen atoms in total. The fourth-order valence-corrected chi connectivity index (χ4v) is 1.73. The predicted molar refractivity (Wildman–Crippen MR) is 74.3 cm³/mol. The number of aromatic nitrogens is 1. The minimum atomic E-state index is -0.261. The van der Waals surface area contributed by atoms with Gasteiger partial charge in [0.25, 0.3) is 5.91 Å². The topological polar surface area (TPSA) is 77.2 Å². The van der Waals surface area contributed by atoms with Gasteiger partial charge < -0.3 is 15.8 Å². The Labute approximate surface area is 111 Å². The third kappa shape index (κ3) is 2.82. The smallest absolute Gasteiger partial charge is 0.274 e. The molecular formula is C14H15N3O2. The van der Waals surface area contributed by atoms with Gasteiger partial charge in [-0.1, -0.05) is 6.07 Å². The lowest BCUT2D eigenvalue weighted by atomic mass is 10.2. The van der Waals surface area contributed by atoms with E-state index < -0.39 is 0 Å². The highest BCUT2D eigenvalue weighted by Crippen LogP contribution is 2.24. The zero-order valence-electron chi connectivity index (χ0n) is 10.8. The van der Waals surface area contributed by atoms with Crippen LogP contribution in [-0.4, -0.2) is 18.0 Å². The summed E-state index contributed by atoms with van der Waals surface area (Å²) in [4.78, 5) is 16.1. The van der Waals surface area contributed by atoms with Crippen molar-refractivity contribution in [1.82, 2.24) is 4.98 Å². The van der Waals surface area contributed by atoms with E-state index in [1.807, 2.05) is 13.0 Å². The molecule has 2 aromatic rings. The Morgan fingerprint density at radius 1 is 1.37 bits per heavy atom. The Hall–Kier alpha value is -2.56. The van der Waals surface area contributed by atoms with Gasteiger partial charge in [-0.05, 0) is 36.8 Å². The SMILES string of the molecule is COc1ccc(NC(=O)c2ncccc2C)cc1N. The predicted octanol–water partition coefficient (Wildman–Crippen LogP) is 2.23. The highest BCUT2D eigenvalue weighted by molar-refractivity contribution is 6.04. The van der Waals surface area contributed by atoms with Gasteiger partial charge in [-0.25, -0.2) is 0 Å². The first-order valence-corrected chi connectivity index (χ1v) is 5.78. The molecule has 0 saturated heterocycles. The second-order valence-electron chi connectivity index (χ2n) is 4.08. The zero-order chi connectivity index (χ0) is 13.8. The van der Waals surface area contributed by atoms with Crippen LogP contribution >= 0.6 is 0 Å². The van der Waals surface area contributed by atoms with Gasteiger partial charge in [0.15, 0.2) is 0 Å². The highest BCUT2D eigenvalue weighted by Gasteiger charge is 2.11. The van der Waals surface area contributed by atoms with Crippen molar-refractivity contribution in [3.8, 4) is 5.75 Å². The Morgan fingerprint density at radius 2 is 2.16 bits per heavy atom. The minimum absolute atomic E-state index is 0.261. The molecule has 1 amide bonds. The number of nitrogens with two attached hydrogens (primary N) is 1. The summed E-state index contributed by atoms with van der Waals surface area (Å²) in [6.07, 6.45) is 1.59. The number of carbonyl (C=O) groups is 1. The fourth-order valence-electron chi connectivity index (χ4n) is 1.73. The molecule has 1 aromatic carbocycles. The Morgan fingerprint density at radius 3 is 2.79 bits per heavy atom. The van der Waals surface area contributed by atoms with Crippen LogP contribution in [0.1, 0.15) is 16.1 Å². The number of methoxy groups -OCH3 is 1. The number of nitrogens with one attached hydrogen (secondary N) is 1. The lowest BCUT2D eigenvalue weighted by molar-refractivity contribution is 0.102. The zero-order valence-corrected chi connectivity index (χ0v) is 10.8. The van der Waals surface area contributed by atoms with Crippen molar-refractivity contribution in [3.63, 3.8) is 0 Å². The lowest BCUT2D eigenvalue weighted by Gasteiger charge is -2.09. The van der Waals surface area contributed by atoms with Crippen LogP contribution in [0.3, 0.4) is 0 Å². The summed E-state index contributed by atoms with van der Waals surface area (Å²) in [6.45, 7) is 1.84. The summed E-state index contributed by atoms with van der Waals surface area (Å²) in [7, 11) is 1.54. The maximum absolute atomic E-state index is 12.1. The van der Waals surface area contributed by atoms with Gasteiger partial charge in [0.2, 0.25) is 0 Å². The van der Waals surface area contributed by atoms with Crippen LogP contribution in [0.2, 0.25) is 0 Å². The molecule has 0 aliphatic heterocycles. The fraction of sp³-hybridized carbons (Fsp3) is 0.143. The monoisotopic (exact) mass is 257 g/mol. The maximum Gasteiger partial charge on any atom is 0.274 e. The van der Waals surface area contributed by atoms with Crippen molar-refractivity contribution < 1.29 is 9.53 Å². The van der Waals surface area contributed by atoms with Crippen LogP contribution in [0.25, 0.3) is 0 Å². The standard InChI is InChI=1S/C14H15N3O2/c1-9-4-3-7-16-13(9)14(18)17-10-5-6-12(19-2)11(15)8-10/h3-8H,15H2,1-2H3,(H,17,18). The summed E-state index contributed by atoms with van der Waals surface area (Å²) in [5.41, 5.74) is 8.08. The van der Waals surface area contributed by atoms with Crippen molar-refractivity contribution in [2.45, 2.75) is 6.92 Å². The molecule has 1 heterocycles. The summed E-state index contributed by atoms with van der Waals surface area (Å²) in [5.74, 6) is 0.315. The first-order valence-electron chi connectivity index (χ1n) is 5.78. The van der Waals surface area contributed by atoms with E-state index in [-0.39, 0.29) is 5.91 Å². The van der Waals surface area contributed by atoms with E-state index in [4.69, 9.17) is 10.5 Å². The van der Waals surface area contributed by atoms with E-state index in [1.54, 1.807) is 37.6 Å². The number of pyridine rings is 1. The van der Waals surface area contributed by atoms with Crippen LogP contribution in [-0.2, 0) is 0 Å². The summed E-state index contributed by atoms with van der Waals surface area (Å²) in [5, 5.41) is 2.75. The molecule has 19 heavy (non-hydrogen) atoms. The largest absolute Gasteiger partial charge is 0.495 e. The van der Waals surface area contributed by atoms with E-state index >= 15 is 0 Å². The number of anilines is 2. The van der Waals surface area contributed by atoms with Crippen LogP contribution in [0, 0.1) is 6.92 Å². The van der Waals surface area contributed by atoms with E-state index in [1.165, 1.54) is 0 Å². The normalized spacial score (nSPS) is 10.0. The van der Waals surface area contributed by atoms with Gasteiger partial charge in [-0.3, -0.25) is 9.78 Å². The highest BCUT2D eigenvalue weighted by atomic mass is 16.5. The van der Waals surface area contributed by atoms with Gasteiger partial charge in [0.05, 0.1) is 12.8 Å². The second kappa shape index (κ2) is 5.39. The molecule has 0 spiro atoms. The minimum Gasteiger partial charge on any atom is -0.495 e. The quantitative estimate of drug-likeness (QED) is 0.827. The summed E-state index contributed by atoms with van der Waals surface area (Å²) in [6, 6.07) is 8.71. The number of rotatable bonds is 3. The van der Waals surface area contributed by atoms with Gasteiger partial charge >= 0.3 is 0 Å². The second-order valence-corrected chi connectivity index (χ2v) is 4.08. The molecule has 0 atom stereocenters. The molecule has 5 heteroatoms. The van der Waals surface area contributed by atoms with Gasteiger partial charge in [0, 0.05) is 11.9 Å². The Balaban J connectivity index is 2.20. The van der Waals surface area contributed by atoms with Crippen LogP contribution < -0.4 is 15.8 Å². The van der Waals surface area contributed by atoms with Gasteiger partial charge in [0.1, 0.15) is 11.4 Å². The Bertz CT molecular complexity index is 611. The molecular weight excluding hydrogens is 242 g/mol. The van der Waals surface area contributed by atoms with Gasteiger partial charge in [-0.15, -0.1) is 0 Å². The van der Waals surface area contributed by atoms with Crippen molar-refractivity contribution in [2.24, 2.45) is 0 Å². The molecule has 0 aliphatic rings. The first-order chi connectivity index (χ1) is 9.11. The molecule has 0 aliphatic carbocycles. The number of hydrogen-bond acceptors (Lipinski definition) is 4. The number of carbonyl (C=O) groups excluding carboxylic acids is 1. The molecule has 2 rings (SSSR count). The van der Waals surface area contributed by atoms with E-state index in [0.717, 1.165) is 5.56 Å². The molecule has 1 aromatic heterocycles. The van der Waals surface area contributed by atoms with Crippen LogP contribution in [0.4, 0.5) is 11.4 Å². The number of amides is 1. The molecule has 0 radical (unpaired) electrons. The lowest BCUT2D eigenvalue weighted by Crippen LogP contribution is -2.15. The molecule has 0 unspecified atom stereocenters. The number of ether oxygens (including phenoxy) is 1. The third-order valence-electron chi connectivity index (χ3n) is 2.71. The molecule has 98 valence electrons. The first kappa shape index (κ1) is 12.9. The number of nitrogens with zero attached hydrogens (tertiary/aromatic N) is 1.